The van der Waals surface area contributed by atoms with Crippen molar-refractivity contribution in [1.82, 2.24) is 0 Å². The van der Waals surface area contributed by atoms with Crippen molar-refractivity contribution in [2.45, 2.75) is 0 Å². The summed E-state index contributed by atoms with van der Waals surface area (Å²) >= 11 is 3.13. The minimum atomic E-state index is -1.13. The van der Waals surface area contributed by atoms with E-state index in [0.717, 1.165) is 0 Å². The summed E-state index contributed by atoms with van der Waals surface area (Å²) in [5.74, 6) is -1.13. The van der Waals surface area contributed by atoms with Gasteiger partial charge < -0.3 is 10.4 Å². The molecule has 0 saturated heterocycles. The molecule has 7 heteroatoms. The number of hydrogen-bond donors (Lipinski definition) is 2. The van der Waals surface area contributed by atoms with E-state index in [1.54, 1.807) is 18.2 Å². The van der Waals surface area contributed by atoms with Crippen LogP contribution in [0.25, 0.3) is 0 Å². The van der Waals surface area contributed by atoms with Crippen molar-refractivity contribution >= 4 is 27.6 Å². The molecule has 0 heterocycles. The molecule has 0 spiro atoms. The SMILES string of the molecule is N#CC(C#N)=C(C#N)Nc1cc(Br)cc(C(=O)O)c1. The molecule has 0 aliphatic rings. The van der Waals surface area contributed by atoms with Crippen LogP contribution >= 0.6 is 15.9 Å². The fourth-order valence-electron chi connectivity index (χ4n) is 1.21. The van der Waals surface area contributed by atoms with Crippen molar-refractivity contribution in [3.63, 3.8) is 0 Å². The number of benzene rings is 1. The molecule has 19 heavy (non-hydrogen) atoms. The summed E-state index contributed by atoms with van der Waals surface area (Å²) < 4.78 is 0.489. The maximum absolute atomic E-state index is 10.9. The maximum atomic E-state index is 10.9. The minimum Gasteiger partial charge on any atom is -0.478 e. The Morgan fingerprint density at radius 2 is 1.79 bits per heavy atom. The Morgan fingerprint density at radius 1 is 1.16 bits per heavy atom. The number of anilines is 1. The predicted molar refractivity (Wildman–Crippen MR) is 68.6 cm³/mol. The van der Waals surface area contributed by atoms with Gasteiger partial charge in [0.15, 0.2) is 5.57 Å². The summed E-state index contributed by atoms with van der Waals surface area (Å²) in [6.07, 6.45) is 0. The van der Waals surface area contributed by atoms with Crippen molar-refractivity contribution in [3.05, 3.63) is 39.5 Å². The van der Waals surface area contributed by atoms with Gasteiger partial charge in [-0.05, 0) is 18.2 Å². The normalized spacial score (nSPS) is 8.53. The van der Waals surface area contributed by atoms with E-state index in [9.17, 15) is 4.79 Å². The van der Waals surface area contributed by atoms with Crippen LogP contribution in [-0.4, -0.2) is 11.1 Å². The van der Waals surface area contributed by atoms with Gasteiger partial charge in [-0.2, -0.15) is 15.8 Å². The monoisotopic (exact) mass is 316 g/mol. The highest BCUT2D eigenvalue weighted by Gasteiger charge is 2.09. The second-order valence-corrected chi connectivity index (χ2v) is 4.16. The van der Waals surface area contributed by atoms with Crippen molar-refractivity contribution in [3.8, 4) is 18.2 Å². The Balaban J connectivity index is 3.25. The molecule has 0 aliphatic heterocycles. The van der Waals surface area contributed by atoms with Crippen molar-refractivity contribution in [2.24, 2.45) is 0 Å². The average Bonchev–Trinajstić information content (AvgIpc) is 2.38. The third kappa shape index (κ3) is 3.57. The van der Waals surface area contributed by atoms with Gasteiger partial charge in [0.25, 0.3) is 0 Å². The summed E-state index contributed by atoms with van der Waals surface area (Å²) in [6.45, 7) is 0. The van der Waals surface area contributed by atoms with E-state index >= 15 is 0 Å². The van der Waals surface area contributed by atoms with Crippen molar-refractivity contribution in [1.29, 1.82) is 15.8 Å². The lowest BCUT2D eigenvalue weighted by Crippen LogP contribution is -2.03. The summed E-state index contributed by atoms with van der Waals surface area (Å²) in [5.41, 5.74) is -0.324. The summed E-state index contributed by atoms with van der Waals surface area (Å²) in [6, 6.07) is 9.04. The van der Waals surface area contributed by atoms with Gasteiger partial charge in [0.05, 0.1) is 5.56 Å². The lowest BCUT2D eigenvalue weighted by Gasteiger charge is -2.06. The number of nitriles is 3. The van der Waals surface area contributed by atoms with E-state index in [4.69, 9.17) is 20.9 Å². The molecule has 1 aromatic rings. The van der Waals surface area contributed by atoms with E-state index in [0.29, 0.717) is 4.47 Å². The first-order valence-corrected chi connectivity index (χ1v) is 5.56. The molecule has 0 fully saturated rings. The highest BCUT2D eigenvalue weighted by Crippen LogP contribution is 2.21. The van der Waals surface area contributed by atoms with E-state index in [2.05, 4.69) is 21.2 Å². The molecule has 92 valence electrons. The van der Waals surface area contributed by atoms with Gasteiger partial charge in [0, 0.05) is 10.2 Å². The molecule has 0 atom stereocenters. The van der Waals surface area contributed by atoms with Crippen LogP contribution in [0.3, 0.4) is 0 Å². The van der Waals surface area contributed by atoms with Crippen LogP contribution in [-0.2, 0) is 0 Å². The summed E-state index contributed by atoms with van der Waals surface area (Å²) in [5, 5.41) is 37.7. The highest BCUT2D eigenvalue weighted by atomic mass is 79.9. The molecule has 2 N–H and O–H groups in total. The zero-order chi connectivity index (χ0) is 14.4. The molecule has 0 radical (unpaired) electrons. The van der Waals surface area contributed by atoms with Crippen molar-refractivity contribution < 1.29 is 9.90 Å². The third-order valence-electron chi connectivity index (χ3n) is 2.00. The van der Waals surface area contributed by atoms with Crippen LogP contribution in [0.1, 0.15) is 10.4 Å². The largest absolute Gasteiger partial charge is 0.478 e. The average molecular weight is 317 g/mol. The molecule has 0 saturated carbocycles. The molecular formula is C12H5BrN4O2. The Labute approximate surface area is 116 Å². The Kier molecular flexibility index (Phi) is 4.65. The lowest BCUT2D eigenvalue weighted by molar-refractivity contribution is 0.0697. The van der Waals surface area contributed by atoms with Gasteiger partial charge >= 0.3 is 5.97 Å². The van der Waals surface area contributed by atoms with Gasteiger partial charge in [0.2, 0.25) is 0 Å². The number of aromatic carboxylic acids is 1. The summed E-state index contributed by atoms with van der Waals surface area (Å²) in [7, 11) is 0. The fraction of sp³-hybridized carbons (Fsp3) is 0. The van der Waals surface area contributed by atoms with Gasteiger partial charge in [-0.1, -0.05) is 15.9 Å². The topological polar surface area (TPSA) is 121 Å². The lowest BCUT2D eigenvalue weighted by atomic mass is 10.2. The molecule has 0 amide bonds. The molecule has 0 bridgehead atoms. The van der Waals surface area contributed by atoms with E-state index in [-0.39, 0.29) is 22.5 Å². The number of carbonyl (C=O) groups is 1. The Hall–Kier alpha value is -2.82. The van der Waals surface area contributed by atoms with Gasteiger partial charge in [0.1, 0.15) is 23.9 Å². The van der Waals surface area contributed by atoms with Gasteiger partial charge in [-0.3, -0.25) is 0 Å². The summed E-state index contributed by atoms with van der Waals surface area (Å²) in [4.78, 5) is 10.9. The number of rotatable bonds is 3. The molecule has 0 unspecified atom stereocenters. The highest BCUT2D eigenvalue weighted by molar-refractivity contribution is 9.10. The Morgan fingerprint density at radius 3 is 2.26 bits per heavy atom. The number of hydrogen-bond acceptors (Lipinski definition) is 5. The molecule has 6 nitrogen and oxygen atoms in total. The van der Waals surface area contributed by atoms with Gasteiger partial charge in [-0.25, -0.2) is 4.79 Å². The van der Waals surface area contributed by atoms with Crippen LogP contribution in [0, 0.1) is 34.0 Å². The van der Waals surface area contributed by atoms with Crippen LogP contribution in [0.2, 0.25) is 0 Å². The first-order valence-electron chi connectivity index (χ1n) is 4.77. The number of nitrogens with one attached hydrogen (secondary N) is 1. The molecule has 0 aliphatic carbocycles. The molecular weight excluding hydrogens is 312 g/mol. The zero-order valence-corrected chi connectivity index (χ0v) is 10.9. The number of carboxylic acid groups (broad SMARTS) is 1. The first kappa shape index (κ1) is 14.2. The van der Waals surface area contributed by atoms with Crippen LogP contribution in [0.15, 0.2) is 33.9 Å². The number of halogens is 1. The van der Waals surface area contributed by atoms with E-state index in [1.807, 2.05) is 0 Å². The fourth-order valence-corrected chi connectivity index (χ4v) is 1.71. The predicted octanol–water partition coefficient (Wildman–Crippen LogP) is 2.38. The minimum absolute atomic E-state index is 0.00429. The van der Waals surface area contributed by atoms with Crippen LogP contribution < -0.4 is 5.32 Å². The van der Waals surface area contributed by atoms with Crippen molar-refractivity contribution in [2.75, 3.05) is 5.32 Å². The Bertz CT molecular complexity index is 673. The third-order valence-corrected chi connectivity index (χ3v) is 2.46. The standard InChI is InChI=1S/C12H5BrN4O2/c13-9-1-7(12(18)19)2-10(3-9)17-11(6-16)8(4-14)5-15/h1-3,17H,(H,18,19). The van der Waals surface area contributed by atoms with E-state index < -0.39 is 5.97 Å². The molecule has 0 aromatic heterocycles. The van der Waals surface area contributed by atoms with Crippen LogP contribution in [0.4, 0.5) is 5.69 Å². The number of carboxylic acids is 1. The molecule has 1 aromatic carbocycles. The second-order valence-electron chi connectivity index (χ2n) is 3.24. The quantitative estimate of drug-likeness (QED) is 0.826. The smallest absolute Gasteiger partial charge is 0.335 e. The first-order chi connectivity index (χ1) is 9.01. The van der Waals surface area contributed by atoms with Gasteiger partial charge in [-0.15, -0.1) is 0 Å². The van der Waals surface area contributed by atoms with Crippen LogP contribution in [0.5, 0.6) is 0 Å². The van der Waals surface area contributed by atoms with E-state index in [1.165, 1.54) is 18.2 Å². The second kappa shape index (κ2) is 6.20. The number of allylic oxidation sites excluding steroid dienone is 2. The molecule has 1 rings (SSSR count). The zero-order valence-electron chi connectivity index (χ0n) is 9.31. The number of nitrogens with zero attached hydrogens (tertiary/aromatic N) is 3. The maximum Gasteiger partial charge on any atom is 0.335 e.